The minimum absolute atomic E-state index is 0.0202. The van der Waals surface area contributed by atoms with Gasteiger partial charge in [0.1, 0.15) is 5.75 Å². The lowest BCUT2D eigenvalue weighted by Gasteiger charge is -2.16. The third-order valence-corrected chi connectivity index (χ3v) is 3.58. The lowest BCUT2D eigenvalue weighted by molar-refractivity contribution is -0.137. The lowest BCUT2D eigenvalue weighted by atomic mass is 10.1. The molecule has 0 radical (unpaired) electrons. The van der Waals surface area contributed by atoms with E-state index in [9.17, 15) is 22.8 Å². The van der Waals surface area contributed by atoms with E-state index < -0.39 is 35.8 Å². The normalized spacial score (nSPS) is 11.0. The van der Waals surface area contributed by atoms with Crippen LogP contribution in [0.1, 0.15) is 12.5 Å². The molecule has 0 aliphatic rings. The zero-order valence-electron chi connectivity index (χ0n) is 13.5. The SMILES string of the molecule is CC(=O)Nc1ccc(NC(=O)COc2cccc(Br)c2)c(C(F)(F)F)c1. The molecular weight excluding hydrogens is 417 g/mol. The first-order valence-electron chi connectivity index (χ1n) is 7.32. The van der Waals surface area contributed by atoms with Crippen molar-refractivity contribution in [2.24, 2.45) is 0 Å². The van der Waals surface area contributed by atoms with Gasteiger partial charge in [0.15, 0.2) is 6.61 Å². The Labute approximate surface area is 155 Å². The molecule has 5 nitrogen and oxygen atoms in total. The summed E-state index contributed by atoms with van der Waals surface area (Å²) in [5.41, 5.74) is -1.51. The van der Waals surface area contributed by atoms with Crippen LogP contribution in [0, 0.1) is 0 Å². The van der Waals surface area contributed by atoms with E-state index in [1.54, 1.807) is 24.3 Å². The van der Waals surface area contributed by atoms with Crippen molar-refractivity contribution in [3.63, 3.8) is 0 Å². The largest absolute Gasteiger partial charge is 0.484 e. The second-order valence-electron chi connectivity index (χ2n) is 5.23. The summed E-state index contributed by atoms with van der Waals surface area (Å²) in [5.74, 6) is -0.855. The molecule has 26 heavy (non-hydrogen) atoms. The number of nitrogens with one attached hydrogen (secondary N) is 2. The van der Waals surface area contributed by atoms with E-state index in [4.69, 9.17) is 4.74 Å². The number of rotatable bonds is 5. The molecule has 0 aliphatic carbocycles. The highest BCUT2D eigenvalue weighted by atomic mass is 79.9. The highest BCUT2D eigenvalue weighted by Crippen LogP contribution is 2.36. The van der Waals surface area contributed by atoms with Crippen LogP contribution in [0.3, 0.4) is 0 Å². The summed E-state index contributed by atoms with van der Waals surface area (Å²) in [5, 5.41) is 4.44. The number of amides is 2. The summed E-state index contributed by atoms with van der Waals surface area (Å²) in [7, 11) is 0. The molecule has 0 unspecified atom stereocenters. The van der Waals surface area contributed by atoms with Crippen molar-refractivity contribution in [2.75, 3.05) is 17.2 Å². The fraction of sp³-hybridized carbons (Fsp3) is 0.176. The molecular formula is C17H14BrF3N2O3. The number of alkyl halides is 3. The van der Waals surface area contributed by atoms with E-state index in [0.717, 1.165) is 16.6 Å². The highest BCUT2D eigenvalue weighted by molar-refractivity contribution is 9.10. The number of halogens is 4. The van der Waals surface area contributed by atoms with E-state index in [1.807, 2.05) is 0 Å². The van der Waals surface area contributed by atoms with Crippen molar-refractivity contribution in [3.8, 4) is 5.75 Å². The van der Waals surface area contributed by atoms with Gasteiger partial charge in [-0.15, -0.1) is 0 Å². The maximum absolute atomic E-state index is 13.2. The minimum atomic E-state index is -4.71. The molecule has 9 heteroatoms. The summed E-state index contributed by atoms with van der Waals surface area (Å²) in [6.45, 7) is 0.726. The molecule has 0 saturated heterocycles. The predicted molar refractivity (Wildman–Crippen MR) is 94.0 cm³/mol. The van der Waals surface area contributed by atoms with Gasteiger partial charge in [-0.25, -0.2) is 0 Å². The van der Waals surface area contributed by atoms with Gasteiger partial charge in [-0.2, -0.15) is 13.2 Å². The maximum Gasteiger partial charge on any atom is 0.418 e. The summed E-state index contributed by atoms with van der Waals surface area (Å²) >= 11 is 3.24. The second-order valence-corrected chi connectivity index (χ2v) is 6.15. The first-order chi connectivity index (χ1) is 12.1. The van der Waals surface area contributed by atoms with Crippen molar-refractivity contribution in [1.82, 2.24) is 0 Å². The third-order valence-electron chi connectivity index (χ3n) is 3.09. The average Bonchev–Trinajstić information content (AvgIpc) is 2.53. The number of anilines is 2. The van der Waals surface area contributed by atoms with Crippen LogP contribution in [-0.2, 0) is 15.8 Å². The molecule has 0 saturated carbocycles. The number of carbonyl (C=O) groups excluding carboxylic acids is 2. The Morgan fingerprint density at radius 1 is 1.12 bits per heavy atom. The van der Waals surface area contributed by atoms with Gasteiger partial charge in [0, 0.05) is 17.1 Å². The van der Waals surface area contributed by atoms with E-state index >= 15 is 0 Å². The van der Waals surface area contributed by atoms with Crippen molar-refractivity contribution < 1.29 is 27.5 Å². The van der Waals surface area contributed by atoms with E-state index in [2.05, 4.69) is 26.6 Å². The van der Waals surface area contributed by atoms with Gasteiger partial charge in [-0.1, -0.05) is 22.0 Å². The predicted octanol–water partition coefficient (Wildman–Crippen LogP) is 4.44. The van der Waals surface area contributed by atoms with E-state index in [-0.39, 0.29) is 5.69 Å². The van der Waals surface area contributed by atoms with E-state index in [1.165, 1.54) is 13.0 Å². The standard InChI is InChI=1S/C17H14BrF3N2O3/c1-10(24)22-12-5-6-15(14(8-12)17(19,20)21)23-16(25)9-26-13-4-2-3-11(18)7-13/h2-8H,9H2,1H3,(H,22,24)(H,23,25). The molecule has 0 aromatic heterocycles. The number of hydrogen-bond donors (Lipinski definition) is 2. The Hall–Kier alpha value is -2.55. The monoisotopic (exact) mass is 430 g/mol. The molecule has 2 N–H and O–H groups in total. The Bertz CT molecular complexity index is 825. The van der Waals surface area contributed by atoms with Gasteiger partial charge in [0.05, 0.1) is 11.3 Å². The zero-order chi connectivity index (χ0) is 19.3. The number of ether oxygens (including phenoxy) is 1. The average molecular weight is 431 g/mol. The maximum atomic E-state index is 13.2. The quantitative estimate of drug-likeness (QED) is 0.736. The Balaban J connectivity index is 2.11. The lowest BCUT2D eigenvalue weighted by Crippen LogP contribution is -2.22. The first-order valence-corrected chi connectivity index (χ1v) is 8.11. The minimum Gasteiger partial charge on any atom is -0.484 e. The second kappa shape index (κ2) is 8.22. The van der Waals surface area contributed by atoms with Gasteiger partial charge in [-0.05, 0) is 36.4 Å². The van der Waals surface area contributed by atoms with Gasteiger partial charge in [0.25, 0.3) is 5.91 Å². The molecule has 2 aromatic carbocycles. The smallest absolute Gasteiger partial charge is 0.418 e. The highest BCUT2D eigenvalue weighted by Gasteiger charge is 2.34. The van der Waals surface area contributed by atoms with Crippen molar-refractivity contribution in [1.29, 1.82) is 0 Å². The number of carbonyl (C=O) groups is 2. The first kappa shape index (κ1) is 19.8. The molecule has 2 aromatic rings. The number of benzene rings is 2. The molecule has 0 bridgehead atoms. The Morgan fingerprint density at radius 2 is 1.85 bits per heavy atom. The van der Waals surface area contributed by atoms with Gasteiger partial charge < -0.3 is 15.4 Å². The van der Waals surface area contributed by atoms with Gasteiger partial charge >= 0.3 is 6.18 Å². The van der Waals surface area contributed by atoms with Crippen molar-refractivity contribution >= 4 is 39.1 Å². The summed E-state index contributed by atoms with van der Waals surface area (Å²) in [4.78, 5) is 22.9. The fourth-order valence-electron chi connectivity index (χ4n) is 2.06. The molecule has 2 rings (SSSR count). The van der Waals surface area contributed by atoms with Crippen LogP contribution in [-0.4, -0.2) is 18.4 Å². The topological polar surface area (TPSA) is 67.4 Å². The molecule has 0 aliphatic heterocycles. The van der Waals surface area contributed by atoms with Gasteiger partial charge in [-0.3, -0.25) is 9.59 Å². The molecule has 0 heterocycles. The summed E-state index contributed by atoms with van der Waals surface area (Å²) in [6.07, 6.45) is -4.71. The van der Waals surface area contributed by atoms with Crippen LogP contribution in [0.15, 0.2) is 46.9 Å². The fourth-order valence-corrected chi connectivity index (χ4v) is 2.44. The van der Waals surface area contributed by atoms with Crippen LogP contribution in [0.4, 0.5) is 24.5 Å². The molecule has 2 amide bonds. The zero-order valence-corrected chi connectivity index (χ0v) is 15.1. The molecule has 0 spiro atoms. The van der Waals surface area contributed by atoms with Gasteiger partial charge in [0.2, 0.25) is 5.91 Å². The third kappa shape index (κ3) is 5.76. The van der Waals surface area contributed by atoms with Crippen LogP contribution in [0.5, 0.6) is 5.75 Å². The van der Waals surface area contributed by atoms with Crippen LogP contribution in [0.25, 0.3) is 0 Å². The Morgan fingerprint density at radius 3 is 2.46 bits per heavy atom. The van der Waals surface area contributed by atoms with Crippen molar-refractivity contribution in [2.45, 2.75) is 13.1 Å². The summed E-state index contributed by atoms with van der Waals surface area (Å²) in [6, 6.07) is 9.79. The van der Waals surface area contributed by atoms with Crippen molar-refractivity contribution in [3.05, 3.63) is 52.5 Å². The molecule has 0 atom stereocenters. The summed E-state index contributed by atoms with van der Waals surface area (Å²) < 4.78 is 45.6. The molecule has 0 fully saturated rings. The number of hydrogen-bond acceptors (Lipinski definition) is 3. The van der Waals surface area contributed by atoms with E-state index in [0.29, 0.717) is 5.75 Å². The Kier molecular flexibility index (Phi) is 6.25. The van der Waals surface area contributed by atoms with Crippen LogP contribution >= 0.6 is 15.9 Å². The van der Waals surface area contributed by atoms with Crippen LogP contribution < -0.4 is 15.4 Å². The molecule has 138 valence electrons. The van der Waals surface area contributed by atoms with Crippen LogP contribution in [0.2, 0.25) is 0 Å².